The summed E-state index contributed by atoms with van der Waals surface area (Å²) in [6.45, 7) is 6.50. The molecule has 0 atom stereocenters. The van der Waals surface area contributed by atoms with Crippen LogP contribution in [0.3, 0.4) is 0 Å². The molecule has 2 aliphatic heterocycles. The normalized spacial score (nSPS) is 20.7. The molecule has 0 aliphatic carbocycles. The lowest BCUT2D eigenvalue weighted by Crippen LogP contribution is -2.33. The van der Waals surface area contributed by atoms with Crippen LogP contribution in [-0.4, -0.2) is 41.0 Å². The summed E-state index contributed by atoms with van der Waals surface area (Å²) < 4.78 is 0. The highest BCUT2D eigenvalue weighted by atomic mass is 16.1. The zero-order valence-electron chi connectivity index (χ0n) is 10.8. The highest BCUT2D eigenvalue weighted by Gasteiger charge is 2.26. The van der Waals surface area contributed by atoms with Crippen molar-refractivity contribution in [3.63, 3.8) is 0 Å². The third-order valence-electron chi connectivity index (χ3n) is 4.18. The van der Waals surface area contributed by atoms with Crippen LogP contribution < -0.4 is 11.0 Å². The minimum absolute atomic E-state index is 0.212. The van der Waals surface area contributed by atoms with Gasteiger partial charge in [-0.3, -0.25) is 0 Å². The van der Waals surface area contributed by atoms with E-state index in [9.17, 15) is 4.79 Å². The molecule has 0 aromatic carbocycles. The lowest BCUT2D eigenvalue weighted by molar-refractivity contribution is 0.220. The van der Waals surface area contributed by atoms with Crippen molar-refractivity contribution in [3.8, 4) is 0 Å². The maximum absolute atomic E-state index is 11.6. The zero-order chi connectivity index (χ0) is 12.5. The Kier molecular flexibility index (Phi) is 3.07. The summed E-state index contributed by atoms with van der Waals surface area (Å²) in [6.07, 6.45) is 3.27. The molecule has 1 fully saturated rings. The first kappa shape index (κ1) is 11.7. The first-order chi connectivity index (χ1) is 8.78. The average Bonchev–Trinajstić information content (AvgIpc) is 2.86. The van der Waals surface area contributed by atoms with Crippen molar-refractivity contribution in [2.75, 3.05) is 31.5 Å². The predicted molar refractivity (Wildman–Crippen MR) is 71.1 cm³/mol. The van der Waals surface area contributed by atoms with Crippen LogP contribution in [0.5, 0.6) is 0 Å². The van der Waals surface area contributed by atoms with Crippen LogP contribution >= 0.6 is 0 Å². The summed E-state index contributed by atoms with van der Waals surface area (Å²) in [5, 5.41) is 3.20. The second-order valence-electron chi connectivity index (χ2n) is 5.17. The van der Waals surface area contributed by atoms with Crippen LogP contribution in [0, 0.1) is 0 Å². The van der Waals surface area contributed by atoms with Gasteiger partial charge in [0.2, 0.25) is 0 Å². The van der Waals surface area contributed by atoms with Gasteiger partial charge in [0, 0.05) is 23.7 Å². The number of hydrogen-bond donors (Lipinski definition) is 2. The van der Waals surface area contributed by atoms with Crippen molar-refractivity contribution in [1.29, 1.82) is 0 Å². The molecule has 2 aliphatic rings. The molecule has 0 amide bonds. The maximum Gasteiger partial charge on any atom is 0.347 e. The summed E-state index contributed by atoms with van der Waals surface area (Å²) in [5.41, 5.74) is 2.17. The van der Waals surface area contributed by atoms with Crippen LogP contribution in [0.4, 0.5) is 5.82 Å². The zero-order valence-corrected chi connectivity index (χ0v) is 10.8. The van der Waals surface area contributed by atoms with Crippen LogP contribution in [0.2, 0.25) is 0 Å². The van der Waals surface area contributed by atoms with E-state index in [1.165, 1.54) is 5.56 Å². The lowest BCUT2D eigenvalue weighted by Gasteiger charge is -2.31. The van der Waals surface area contributed by atoms with E-state index in [-0.39, 0.29) is 5.69 Å². The third kappa shape index (κ3) is 2.03. The summed E-state index contributed by atoms with van der Waals surface area (Å²) >= 11 is 0. The van der Waals surface area contributed by atoms with Gasteiger partial charge in [0.25, 0.3) is 0 Å². The van der Waals surface area contributed by atoms with Crippen LogP contribution in [-0.2, 0) is 6.42 Å². The largest absolute Gasteiger partial charge is 0.369 e. The Hall–Kier alpha value is -1.36. The summed E-state index contributed by atoms with van der Waals surface area (Å²) in [4.78, 5) is 21.1. The standard InChI is InChI=1S/C13H20N4O/c1-2-17-7-4-9(5-8-17)11-10-3-6-14-12(10)16-13(18)15-11/h9H,2-8H2,1H3,(H2,14,15,16,18). The molecular formula is C13H20N4O. The van der Waals surface area contributed by atoms with Gasteiger partial charge in [-0.1, -0.05) is 6.92 Å². The number of rotatable bonds is 2. The molecule has 0 unspecified atom stereocenters. The van der Waals surface area contributed by atoms with Gasteiger partial charge >= 0.3 is 5.69 Å². The van der Waals surface area contributed by atoms with Gasteiger partial charge in [-0.05, 0) is 38.9 Å². The fourth-order valence-corrected chi connectivity index (χ4v) is 3.11. The summed E-state index contributed by atoms with van der Waals surface area (Å²) in [6, 6.07) is 0. The molecule has 5 nitrogen and oxygen atoms in total. The smallest absolute Gasteiger partial charge is 0.347 e. The van der Waals surface area contributed by atoms with Gasteiger partial charge in [-0.2, -0.15) is 4.98 Å². The van der Waals surface area contributed by atoms with Crippen LogP contribution in [0.1, 0.15) is 36.9 Å². The van der Waals surface area contributed by atoms with Crippen molar-refractivity contribution < 1.29 is 0 Å². The maximum atomic E-state index is 11.6. The molecule has 18 heavy (non-hydrogen) atoms. The second-order valence-corrected chi connectivity index (χ2v) is 5.17. The van der Waals surface area contributed by atoms with E-state index in [1.807, 2.05) is 0 Å². The molecule has 3 rings (SSSR count). The van der Waals surface area contributed by atoms with Crippen molar-refractivity contribution in [3.05, 3.63) is 21.7 Å². The number of anilines is 1. The number of aromatic amines is 1. The lowest BCUT2D eigenvalue weighted by atomic mass is 9.90. The molecule has 0 radical (unpaired) electrons. The Morgan fingerprint density at radius 2 is 2.17 bits per heavy atom. The Balaban J connectivity index is 1.87. The van der Waals surface area contributed by atoms with E-state index < -0.39 is 0 Å². The molecule has 1 aromatic heterocycles. The minimum Gasteiger partial charge on any atom is -0.369 e. The van der Waals surface area contributed by atoms with Crippen LogP contribution in [0.25, 0.3) is 0 Å². The summed E-state index contributed by atoms with van der Waals surface area (Å²) in [7, 11) is 0. The molecule has 3 heterocycles. The van der Waals surface area contributed by atoms with Gasteiger partial charge in [-0.25, -0.2) is 4.79 Å². The van der Waals surface area contributed by atoms with E-state index in [4.69, 9.17) is 0 Å². The highest BCUT2D eigenvalue weighted by molar-refractivity contribution is 5.51. The Morgan fingerprint density at radius 3 is 2.89 bits per heavy atom. The predicted octanol–water partition coefficient (Wildman–Crippen LogP) is 0.937. The van der Waals surface area contributed by atoms with E-state index in [0.717, 1.165) is 57.0 Å². The Morgan fingerprint density at radius 1 is 1.39 bits per heavy atom. The SMILES string of the molecule is CCN1CCC(c2[nH]c(=O)nc3c2CCN3)CC1. The van der Waals surface area contributed by atoms with Crippen molar-refractivity contribution in [2.45, 2.75) is 32.1 Å². The fraction of sp³-hybridized carbons (Fsp3) is 0.692. The van der Waals surface area contributed by atoms with Gasteiger partial charge < -0.3 is 15.2 Å². The van der Waals surface area contributed by atoms with Crippen molar-refractivity contribution >= 4 is 5.82 Å². The quantitative estimate of drug-likeness (QED) is 0.817. The summed E-state index contributed by atoms with van der Waals surface area (Å²) in [5.74, 6) is 1.31. The average molecular weight is 248 g/mol. The van der Waals surface area contributed by atoms with Gasteiger partial charge in [0.15, 0.2) is 0 Å². The molecule has 5 heteroatoms. The molecule has 0 spiro atoms. The third-order valence-corrected chi connectivity index (χ3v) is 4.18. The molecule has 98 valence electrons. The fourth-order valence-electron chi connectivity index (χ4n) is 3.11. The van der Waals surface area contributed by atoms with Gasteiger partial charge in [0.1, 0.15) is 5.82 Å². The highest BCUT2D eigenvalue weighted by Crippen LogP contribution is 2.32. The van der Waals surface area contributed by atoms with Crippen molar-refractivity contribution in [1.82, 2.24) is 14.9 Å². The number of nitrogens with zero attached hydrogens (tertiary/aromatic N) is 2. The van der Waals surface area contributed by atoms with E-state index >= 15 is 0 Å². The number of piperidine rings is 1. The molecule has 2 N–H and O–H groups in total. The number of nitrogens with one attached hydrogen (secondary N) is 2. The number of aromatic nitrogens is 2. The number of hydrogen-bond acceptors (Lipinski definition) is 4. The number of H-pyrrole nitrogens is 1. The number of fused-ring (bicyclic) bond motifs is 1. The minimum atomic E-state index is -0.212. The second kappa shape index (κ2) is 4.72. The van der Waals surface area contributed by atoms with Crippen LogP contribution in [0.15, 0.2) is 4.79 Å². The van der Waals surface area contributed by atoms with Gasteiger partial charge in [0.05, 0.1) is 0 Å². The molecule has 0 saturated carbocycles. The van der Waals surface area contributed by atoms with Gasteiger partial charge in [-0.15, -0.1) is 0 Å². The first-order valence-electron chi connectivity index (χ1n) is 6.87. The molecular weight excluding hydrogens is 228 g/mol. The molecule has 1 aromatic rings. The molecule has 1 saturated heterocycles. The first-order valence-corrected chi connectivity index (χ1v) is 6.87. The van der Waals surface area contributed by atoms with E-state index in [1.54, 1.807) is 0 Å². The van der Waals surface area contributed by atoms with E-state index in [2.05, 4.69) is 27.1 Å². The Bertz CT molecular complexity index is 488. The topological polar surface area (TPSA) is 61.0 Å². The van der Waals surface area contributed by atoms with E-state index in [0.29, 0.717) is 5.92 Å². The monoisotopic (exact) mass is 248 g/mol. The Labute approximate surface area is 107 Å². The number of likely N-dealkylation sites (tertiary alicyclic amines) is 1. The molecule has 0 bridgehead atoms. The van der Waals surface area contributed by atoms with Crippen molar-refractivity contribution in [2.24, 2.45) is 0 Å².